The summed E-state index contributed by atoms with van der Waals surface area (Å²) in [6, 6.07) is 0. The number of carbonyl (C=O) groups is 1. The highest BCUT2D eigenvalue weighted by molar-refractivity contribution is 5.82. The minimum Gasteiger partial charge on any atom is -0.299 e. The first-order valence-electron chi connectivity index (χ1n) is 7.57. The maximum absolute atomic E-state index is 12.0. The Bertz CT molecular complexity index is 339. The van der Waals surface area contributed by atoms with Gasteiger partial charge in [0.2, 0.25) is 0 Å². The quantitative estimate of drug-likeness (QED) is 0.565. The summed E-state index contributed by atoms with van der Waals surface area (Å²) in [5.41, 5.74) is 3.46. The molecule has 0 amide bonds. The fourth-order valence-corrected chi connectivity index (χ4v) is 4.17. The van der Waals surface area contributed by atoms with Gasteiger partial charge in [-0.1, -0.05) is 24.0 Å². The van der Waals surface area contributed by atoms with E-state index in [-0.39, 0.29) is 0 Å². The highest BCUT2D eigenvalue weighted by Crippen LogP contribution is 2.44. The molecule has 0 bridgehead atoms. The molecule has 0 aliphatic heterocycles. The zero-order chi connectivity index (χ0) is 11.7. The predicted molar refractivity (Wildman–Crippen MR) is 69.8 cm³/mol. The van der Waals surface area contributed by atoms with Crippen molar-refractivity contribution in [3.63, 3.8) is 0 Å². The first-order valence-corrected chi connectivity index (χ1v) is 7.57. The van der Waals surface area contributed by atoms with E-state index in [9.17, 15) is 4.79 Å². The molecule has 2 unspecified atom stereocenters. The molecular formula is C16H24O. The molecule has 0 spiro atoms. The molecule has 1 saturated carbocycles. The topological polar surface area (TPSA) is 17.1 Å². The van der Waals surface area contributed by atoms with Gasteiger partial charge >= 0.3 is 0 Å². The minimum atomic E-state index is 0.418. The first kappa shape index (κ1) is 11.5. The van der Waals surface area contributed by atoms with Gasteiger partial charge in [0.15, 0.2) is 0 Å². The first-order chi connectivity index (χ1) is 8.34. The van der Waals surface area contributed by atoms with Crippen molar-refractivity contribution in [2.45, 2.75) is 70.6 Å². The number of fused-ring (bicyclic) bond motifs is 1. The summed E-state index contributed by atoms with van der Waals surface area (Å²) in [4.78, 5) is 12.0. The number of allylic oxidation sites excluding steroid dienone is 2. The number of carbonyl (C=O) groups excluding carboxylic acids is 1. The summed E-state index contributed by atoms with van der Waals surface area (Å²) in [5.74, 6) is 1.71. The Hall–Kier alpha value is -0.590. The molecule has 0 radical (unpaired) electrons. The molecule has 0 aromatic heterocycles. The predicted octanol–water partition coefficient (Wildman–Crippen LogP) is 4.42. The summed E-state index contributed by atoms with van der Waals surface area (Å²) in [5, 5.41) is 0. The van der Waals surface area contributed by atoms with Gasteiger partial charge in [-0.2, -0.15) is 0 Å². The van der Waals surface area contributed by atoms with Crippen molar-refractivity contribution in [2.75, 3.05) is 0 Å². The van der Waals surface area contributed by atoms with Gasteiger partial charge in [-0.25, -0.2) is 0 Å². The molecule has 17 heavy (non-hydrogen) atoms. The molecule has 0 aromatic carbocycles. The van der Waals surface area contributed by atoms with E-state index in [2.05, 4.69) is 0 Å². The van der Waals surface area contributed by atoms with Crippen LogP contribution in [0, 0.1) is 11.8 Å². The highest BCUT2D eigenvalue weighted by atomic mass is 16.1. The third-order valence-electron chi connectivity index (χ3n) is 5.16. The van der Waals surface area contributed by atoms with E-state index in [1.807, 2.05) is 0 Å². The van der Waals surface area contributed by atoms with E-state index in [1.165, 1.54) is 51.4 Å². The number of ketones is 1. The SMILES string of the molecule is O=C1CCCC2CC3=C(CCCCCC3)CC12. The summed E-state index contributed by atoms with van der Waals surface area (Å²) < 4.78 is 0. The monoisotopic (exact) mass is 232 g/mol. The Kier molecular flexibility index (Phi) is 3.35. The number of hydrogen-bond donors (Lipinski definition) is 0. The van der Waals surface area contributed by atoms with Crippen LogP contribution in [0.3, 0.4) is 0 Å². The van der Waals surface area contributed by atoms with Crippen LogP contribution in [-0.4, -0.2) is 5.78 Å². The zero-order valence-corrected chi connectivity index (χ0v) is 10.8. The maximum Gasteiger partial charge on any atom is 0.136 e. The van der Waals surface area contributed by atoms with E-state index in [0.717, 1.165) is 25.2 Å². The third-order valence-corrected chi connectivity index (χ3v) is 5.16. The van der Waals surface area contributed by atoms with Crippen molar-refractivity contribution in [2.24, 2.45) is 11.8 Å². The number of hydrogen-bond acceptors (Lipinski definition) is 1. The summed E-state index contributed by atoms with van der Waals surface area (Å²) in [7, 11) is 0. The molecule has 3 aliphatic carbocycles. The van der Waals surface area contributed by atoms with Crippen molar-refractivity contribution in [1.82, 2.24) is 0 Å². The second-order valence-electron chi connectivity index (χ2n) is 6.25. The molecule has 1 nitrogen and oxygen atoms in total. The van der Waals surface area contributed by atoms with Crippen LogP contribution in [0.4, 0.5) is 0 Å². The second-order valence-corrected chi connectivity index (χ2v) is 6.25. The average molecular weight is 232 g/mol. The standard InChI is InChI=1S/C16H24O/c17-16-9-5-8-14-10-12-6-3-1-2-4-7-13(12)11-15(14)16/h14-15H,1-11H2. The summed E-state index contributed by atoms with van der Waals surface area (Å²) in [6.07, 6.45) is 14.0. The van der Waals surface area contributed by atoms with Crippen LogP contribution in [0.2, 0.25) is 0 Å². The Morgan fingerprint density at radius 1 is 0.765 bits per heavy atom. The van der Waals surface area contributed by atoms with Crippen molar-refractivity contribution in [3.05, 3.63) is 11.1 Å². The largest absolute Gasteiger partial charge is 0.299 e. The fraction of sp³-hybridized carbons (Fsp3) is 0.812. The van der Waals surface area contributed by atoms with E-state index in [0.29, 0.717) is 11.7 Å². The van der Waals surface area contributed by atoms with Gasteiger partial charge < -0.3 is 0 Å². The van der Waals surface area contributed by atoms with Crippen LogP contribution in [0.5, 0.6) is 0 Å². The summed E-state index contributed by atoms with van der Waals surface area (Å²) in [6.45, 7) is 0. The normalized spacial score (nSPS) is 34.7. The van der Waals surface area contributed by atoms with Crippen LogP contribution >= 0.6 is 0 Å². The number of rotatable bonds is 0. The lowest BCUT2D eigenvalue weighted by atomic mass is 9.66. The van der Waals surface area contributed by atoms with Crippen molar-refractivity contribution in [3.8, 4) is 0 Å². The van der Waals surface area contributed by atoms with Crippen molar-refractivity contribution in [1.29, 1.82) is 0 Å². The van der Waals surface area contributed by atoms with Gasteiger partial charge in [0.25, 0.3) is 0 Å². The van der Waals surface area contributed by atoms with Crippen LogP contribution in [0.25, 0.3) is 0 Å². The molecular weight excluding hydrogens is 208 g/mol. The van der Waals surface area contributed by atoms with Crippen LogP contribution in [0.15, 0.2) is 11.1 Å². The maximum atomic E-state index is 12.0. The zero-order valence-electron chi connectivity index (χ0n) is 10.8. The molecule has 1 fully saturated rings. The lowest BCUT2D eigenvalue weighted by molar-refractivity contribution is -0.126. The van der Waals surface area contributed by atoms with E-state index >= 15 is 0 Å². The molecule has 3 rings (SSSR count). The second kappa shape index (κ2) is 4.96. The van der Waals surface area contributed by atoms with Gasteiger partial charge in [0.1, 0.15) is 5.78 Å². The average Bonchev–Trinajstić information content (AvgIpc) is 2.30. The lowest BCUT2D eigenvalue weighted by Gasteiger charge is -2.37. The van der Waals surface area contributed by atoms with Gasteiger partial charge in [-0.15, -0.1) is 0 Å². The lowest BCUT2D eigenvalue weighted by Crippen LogP contribution is -2.32. The summed E-state index contributed by atoms with van der Waals surface area (Å²) >= 11 is 0. The number of Topliss-reactive ketones (excluding diaryl/α,β-unsaturated/α-hetero) is 1. The van der Waals surface area contributed by atoms with Crippen molar-refractivity contribution < 1.29 is 4.79 Å². The Morgan fingerprint density at radius 2 is 1.47 bits per heavy atom. The molecule has 2 atom stereocenters. The Labute approximate surface area is 105 Å². The molecule has 0 N–H and O–H groups in total. The Morgan fingerprint density at radius 3 is 2.24 bits per heavy atom. The smallest absolute Gasteiger partial charge is 0.136 e. The molecule has 0 saturated heterocycles. The molecule has 0 aromatic rings. The highest BCUT2D eigenvalue weighted by Gasteiger charge is 2.36. The van der Waals surface area contributed by atoms with Crippen molar-refractivity contribution >= 4 is 5.78 Å². The van der Waals surface area contributed by atoms with E-state index in [4.69, 9.17) is 0 Å². The van der Waals surface area contributed by atoms with Gasteiger partial charge in [-0.05, 0) is 57.3 Å². The van der Waals surface area contributed by atoms with Crippen LogP contribution in [-0.2, 0) is 4.79 Å². The molecule has 1 heteroatoms. The fourth-order valence-electron chi connectivity index (χ4n) is 4.17. The Balaban J connectivity index is 1.80. The van der Waals surface area contributed by atoms with Crippen LogP contribution in [0.1, 0.15) is 70.6 Å². The minimum absolute atomic E-state index is 0.418. The molecule has 0 heterocycles. The third kappa shape index (κ3) is 2.34. The molecule has 94 valence electrons. The van der Waals surface area contributed by atoms with Gasteiger partial charge in [0, 0.05) is 12.3 Å². The molecule has 3 aliphatic rings. The van der Waals surface area contributed by atoms with Gasteiger partial charge in [0.05, 0.1) is 0 Å². The van der Waals surface area contributed by atoms with E-state index < -0.39 is 0 Å². The van der Waals surface area contributed by atoms with Gasteiger partial charge in [-0.3, -0.25) is 4.79 Å². The van der Waals surface area contributed by atoms with Crippen LogP contribution < -0.4 is 0 Å². The van der Waals surface area contributed by atoms with E-state index in [1.54, 1.807) is 11.1 Å².